The Kier molecular flexibility index (Phi) is 8.85. The van der Waals surface area contributed by atoms with Crippen LogP contribution in [0.25, 0.3) is 0 Å². The van der Waals surface area contributed by atoms with E-state index in [0.717, 1.165) is 38.4 Å². The molecule has 0 aromatic heterocycles. The highest BCUT2D eigenvalue weighted by molar-refractivity contribution is 7.81. The average Bonchev–Trinajstić information content (AvgIpc) is 2.68. The molecule has 1 aromatic carbocycles. The van der Waals surface area contributed by atoms with E-state index in [1.165, 1.54) is 5.56 Å². The van der Waals surface area contributed by atoms with E-state index in [1.54, 1.807) is 11.9 Å². The van der Waals surface area contributed by atoms with E-state index >= 15 is 0 Å². The quantitative estimate of drug-likeness (QED) is 0.503. The van der Waals surface area contributed by atoms with E-state index in [0.29, 0.717) is 19.0 Å². The number of nitrogens with zero attached hydrogens (tertiary/aromatic N) is 1. The average molecular weight is 391 g/mol. The molecule has 1 saturated carbocycles. The molecule has 0 heterocycles. The molecule has 0 bridgehead atoms. The minimum absolute atomic E-state index is 0.0747. The summed E-state index contributed by atoms with van der Waals surface area (Å²) in [6, 6.07) is 10.1. The fourth-order valence-electron chi connectivity index (χ4n) is 3.65. The molecule has 0 radical (unpaired) electrons. The molecule has 2 amide bonds. The number of hydrogen-bond donors (Lipinski definition) is 2. The number of hydrogen-bond acceptors (Lipinski definition) is 4. The molecular weight excluding hydrogens is 360 g/mol. The van der Waals surface area contributed by atoms with Crippen molar-refractivity contribution in [1.29, 1.82) is 0 Å². The lowest BCUT2D eigenvalue weighted by Crippen LogP contribution is -2.39. The Balaban J connectivity index is 1.67. The van der Waals surface area contributed by atoms with E-state index in [9.17, 15) is 14.4 Å². The number of rotatable bonds is 9. The van der Waals surface area contributed by atoms with Crippen molar-refractivity contribution in [3.63, 3.8) is 0 Å². The molecule has 6 heteroatoms. The van der Waals surface area contributed by atoms with Gasteiger partial charge in [0.1, 0.15) is 6.29 Å². The van der Waals surface area contributed by atoms with Gasteiger partial charge in [-0.1, -0.05) is 30.3 Å². The fraction of sp³-hybridized carbons (Fsp3) is 0.571. The topological polar surface area (TPSA) is 66.5 Å². The normalized spacial score (nSPS) is 20.5. The summed E-state index contributed by atoms with van der Waals surface area (Å²) < 4.78 is 0. The van der Waals surface area contributed by atoms with E-state index in [2.05, 4.69) is 30.1 Å². The smallest absolute Gasteiger partial charge is 0.235 e. The van der Waals surface area contributed by atoms with Crippen molar-refractivity contribution in [2.75, 3.05) is 20.1 Å². The van der Waals surface area contributed by atoms with Gasteiger partial charge in [0.15, 0.2) is 0 Å². The standard InChI is InChI=1S/C21H30N2O3S/c1-23(21(26)19(27)12-14-24)15-17-7-9-18(10-8-17)20(25)22-13-11-16-5-3-2-4-6-16/h2-6,14,17-19,27H,7-13,15H2,1H3,(H,22,25). The molecule has 1 N–H and O–H groups in total. The summed E-state index contributed by atoms with van der Waals surface area (Å²) in [6.07, 6.45) is 5.33. The maximum Gasteiger partial charge on any atom is 0.235 e. The lowest BCUT2D eigenvalue weighted by molar-refractivity contribution is -0.131. The van der Waals surface area contributed by atoms with Crippen LogP contribution in [0.3, 0.4) is 0 Å². The second-order valence-electron chi connectivity index (χ2n) is 7.38. The molecule has 0 saturated heterocycles. The third kappa shape index (κ3) is 7.01. The van der Waals surface area contributed by atoms with Crippen molar-refractivity contribution in [1.82, 2.24) is 10.2 Å². The number of nitrogens with one attached hydrogen (secondary N) is 1. The second-order valence-corrected chi connectivity index (χ2v) is 8.00. The van der Waals surface area contributed by atoms with Gasteiger partial charge in [0.05, 0.1) is 5.25 Å². The van der Waals surface area contributed by atoms with Crippen molar-refractivity contribution in [3.05, 3.63) is 35.9 Å². The lowest BCUT2D eigenvalue weighted by atomic mass is 9.81. The lowest BCUT2D eigenvalue weighted by Gasteiger charge is -2.31. The number of amides is 2. The second kappa shape index (κ2) is 11.1. The number of carbonyl (C=O) groups is 3. The third-order valence-electron chi connectivity index (χ3n) is 5.29. The number of thiol groups is 1. The summed E-state index contributed by atoms with van der Waals surface area (Å²) >= 11 is 4.19. The van der Waals surface area contributed by atoms with Crippen molar-refractivity contribution in [2.45, 2.75) is 43.8 Å². The van der Waals surface area contributed by atoms with Gasteiger partial charge in [-0.15, -0.1) is 0 Å². The largest absolute Gasteiger partial charge is 0.356 e. The molecule has 1 aromatic rings. The molecule has 148 valence electrons. The number of benzene rings is 1. The summed E-state index contributed by atoms with van der Waals surface area (Å²) in [4.78, 5) is 36.7. The van der Waals surface area contributed by atoms with Crippen molar-refractivity contribution in [3.8, 4) is 0 Å². The monoisotopic (exact) mass is 390 g/mol. The van der Waals surface area contributed by atoms with Crippen LogP contribution >= 0.6 is 12.6 Å². The van der Waals surface area contributed by atoms with Crippen molar-refractivity contribution < 1.29 is 14.4 Å². The van der Waals surface area contributed by atoms with Gasteiger partial charge in [-0.05, 0) is 43.6 Å². The number of carbonyl (C=O) groups excluding carboxylic acids is 3. The maximum atomic E-state index is 12.4. The summed E-state index contributed by atoms with van der Waals surface area (Å²) in [5.41, 5.74) is 1.23. The van der Waals surface area contributed by atoms with Gasteiger partial charge in [-0.25, -0.2) is 0 Å². The van der Waals surface area contributed by atoms with Gasteiger partial charge in [0.2, 0.25) is 11.8 Å². The highest BCUT2D eigenvalue weighted by Gasteiger charge is 2.28. The summed E-state index contributed by atoms with van der Waals surface area (Å²) in [7, 11) is 1.76. The molecular formula is C21H30N2O3S. The fourth-order valence-corrected chi connectivity index (χ4v) is 3.93. The first-order valence-electron chi connectivity index (χ1n) is 9.69. The molecule has 0 spiro atoms. The molecule has 1 aliphatic rings. The zero-order valence-electron chi connectivity index (χ0n) is 16.0. The molecule has 1 unspecified atom stereocenters. The van der Waals surface area contributed by atoms with Gasteiger partial charge < -0.3 is 15.0 Å². The van der Waals surface area contributed by atoms with Gasteiger partial charge in [0.25, 0.3) is 0 Å². The van der Waals surface area contributed by atoms with Crippen molar-refractivity contribution >= 4 is 30.7 Å². The summed E-state index contributed by atoms with van der Waals surface area (Å²) in [5, 5.41) is 2.50. The van der Waals surface area contributed by atoms with E-state index < -0.39 is 5.25 Å². The van der Waals surface area contributed by atoms with Gasteiger partial charge in [-0.2, -0.15) is 12.6 Å². The van der Waals surface area contributed by atoms with Crippen LogP contribution < -0.4 is 5.32 Å². The Morgan fingerprint density at radius 3 is 2.52 bits per heavy atom. The molecule has 0 aliphatic heterocycles. The third-order valence-corrected chi connectivity index (χ3v) is 5.72. The van der Waals surface area contributed by atoms with Gasteiger partial charge in [-0.3, -0.25) is 9.59 Å². The Morgan fingerprint density at radius 2 is 1.89 bits per heavy atom. The van der Waals surface area contributed by atoms with Crippen LogP contribution in [0.5, 0.6) is 0 Å². The first-order chi connectivity index (χ1) is 13.0. The molecule has 1 atom stereocenters. The highest BCUT2D eigenvalue weighted by Crippen LogP contribution is 2.29. The van der Waals surface area contributed by atoms with E-state index in [4.69, 9.17) is 0 Å². The predicted octanol–water partition coefficient (Wildman–Crippen LogP) is 2.50. The van der Waals surface area contributed by atoms with E-state index in [-0.39, 0.29) is 24.2 Å². The Bertz CT molecular complexity index is 615. The van der Waals surface area contributed by atoms with Crippen LogP contribution in [0.15, 0.2) is 30.3 Å². The van der Waals surface area contributed by atoms with Gasteiger partial charge in [0, 0.05) is 32.5 Å². The van der Waals surface area contributed by atoms with Crippen LogP contribution in [0.4, 0.5) is 0 Å². The molecule has 1 aliphatic carbocycles. The van der Waals surface area contributed by atoms with Crippen LogP contribution in [0.2, 0.25) is 0 Å². The summed E-state index contributed by atoms with van der Waals surface area (Å²) in [5.74, 6) is 0.524. The zero-order valence-corrected chi connectivity index (χ0v) is 16.9. The SMILES string of the molecule is CN(CC1CCC(C(=O)NCCc2ccccc2)CC1)C(=O)C(S)CC=O. The molecule has 1 fully saturated rings. The maximum absolute atomic E-state index is 12.4. The first kappa shape index (κ1) is 21.5. The minimum atomic E-state index is -0.556. The molecule has 2 rings (SSSR count). The Labute approximate surface area is 167 Å². The minimum Gasteiger partial charge on any atom is -0.356 e. The number of aldehydes is 1. The van der Waals surface area contributed by atoms with Crippen LogP contribution in [0.1, 0.15) is 37.7 Å². The Morgan fingerprint density at radius 1 is 1.22 bits per heavy atom. The summed E-state index contributed by atoms with van der Waals surface area (Å²) in [6.45, 7) is 1.33. The van der Waals surface area contributed by atoms with Gasteiger partial charge >= 0.3 is 0 Å². The Hall–Kier alpha value is -1.82. The highest BCUT2D eigenvalue weighted by atomic mass is 32.1. The zero-order chi connectivity index (χ0) is 19.6. The molecule has 5 nitrogen and oxygen atoms in total. The molecule has 27 heavy (non-hydrogen) atoms. The van der Waals surface area contributed by atoms with Crippen molar-refractivity contribution in [2.24, 2.45) is 11.8 Å². The van der Waals surface area contributed by atoms with Crippen LogP contribution in [-0.2, 0) is 20.8 Å². The predicted molar refractivity (Wildman–Crippen MR) is 110 cm³/mol. The van der Waals surface area contributed by atoms with Crippen LogP contribution in [-0.4, -0.2) is 48.4 Å². The first-order valence-corrected chi connectivity index (χ1v) is 10.2. The van der Waals surface area contributed by atoms with Crippen LogP contribution in [0, 0.1) is 11.8 Å². The van der Waals surface area contributed by atoms with E-state index in [1.807, 2.05) is 18.2 Å².